The van der Waals surface area contributed by atoms with E-state index >= 15 is 0 Å². The van der Waals surface area contributed by atoms with Gasteiger partial charge in [0.05, 0.1) is 12.7 Å². The van der Waals surface area contributed by atoms with E-state index in [0.29, 0.717) is 0 Å². The molecule has 2 saturated heterocycles. The lowest BCUT2D eigenvalue weighted by Gasteiger charge is -2.34. The summed E-state index contributed by atoms with van der Waals surface area (Å²) in [4.78, 5) is 24.6. The van der Waals surface area contributed by atoms with Gasteiger partial charge in [0.15, 0.2) is 0 Å². The van der Waals surface area contributed by atoms with E-state index in [1.54, 1.807) is 6.26 Å². The van der Waals surface area contributed by atoms with Crippen LogP contribution in [-0.2, 0) is 9.53 Å². The van der Waals surface area contributed by atoms with Crippen molar-refractivity contribution >= 4 is 23.7 Å². The van der Waals surface area contributed by atoms with E-state index in [2.05, 4.69) is 5.32 Å². The van der Waals surface area contributed by atoms with Crippen molar-refractivity contribution in [2.45, 2.75) is 30.1 Å². The zero-order chi connectivity index (χ0) is 13.3. The lowest BCUT2D eigenvalue weighted by Crippen LogP contribution is -2.59. The van der Waals surface area contributed by atoms with Crippen LogP contribution in [0.3, 0.4) is 0 Å². The molecule has 2 rings (SSSR count). The highest BCUT2D eigenvalue weighted by atomic mass is 32.2. The van der Waals surface area contributed by atoms with Gasteiger partial charge in [-0.15, -0.1) is 0 Å². The average molecular weight is 276 g/mol. The second-order valence-corrected chi connectivity index (χ2v) is 5.33. The molecule has 0 bridgehead atoms. The molecule has 4 atom stereocenters. The molecule has 102 valence electrons. The average Bonchev–Trinajstić information content (AvgIpc) is 2.70. The second kappa shape index (κ2) is 5.43. The Morgan fingerprint density at radius 1 is 1.56 bits per heavy atom. The number of nitrogens with zero attached hydrogens (tertiary/aromatic N) is 1. The SMILES string of the molecule is CSC1CN([C@H]2C[C@H](O)[C@@H](CO)O2)C(=O)NC1=O. The van der Waals surface area contributed by atoms with Crippen LogP contribution in [0.5, 0.6) is 0 Å². The number of imide groups is 1. The van der Waals surface area contributed by atoms with Crippen molar-refractivity contribution in [2.24, 2.45) is 0 Å². The molecule has 3 amide bonds. The Kier molecular flexibility index (Phi) is 4.10. The molecular formula is C10H16N2O5S. The van der Waals surface area contributed by atoms with Crippen molar-refractivity contribution < 1.29 is 24.5 Å². The molecular weight excluding hydrogens is 260 g/mol. The number of hydrogen-bond acceptors (Lipinski definition) is 6. The monoisotopic (exact) mass is 276 g/mol. The van der Waals surface area contributed by atoms with E-state index in [1.165, 1.54) is 16.7 Å². The molecule has 0 aliphatic carbocycles. The number of thioether (sulfide) groups is 1. The summed E-state index contributed by atoms with van der Waals surface area (Å²) in [5, 5.41) is 20.6. The summed E-state index contributed by atoms with van der Waals surface area (Å²) < 4.78 is 5.41. The largest absolute Gasteiger partial charge is 0.394 e. The highest BCUT2D eigenvalue weighted by Crippen LogP contribution is 2.26. The summed E-state index contributed by atoms with van der Waals surface area (Å²) in [6, 6.07) is -0.513. The molecule has 2 aliphatic rings. The minimum Gasteiger partial charge on any atom is -0.394 e. The van der Waals surface area contributed by atoms with Crippen LogP contribution < -0.4 is 5.32 Å². The van der Waals surface area contributed by atoms with Crippen LogP contribution in [0, 0.1) is 0 Å². The van der Waals surface area contributed by atoms with Crippen molar-refractivity contribution in [3.8, 4) is 0 Å². The number of amides is 3. The van der Waals surface area contributed by atoms with Gasteiger partial charge in [0.25, 0.3) is 0 Å². The van der Waals surface area contributed by atoms with Crippen molar-refractivity contribution in [3.63, 3.8) is 0 Å². The predicted octanol–water partition coefficient (Wildman–Crippen LogP) is -1.26. The Morgan fingerprint density at radius 3 is 2.83 bits per heavy atom. The standard InChI is InChI=1S/C10H16N2O5S/c1-18-7-3-12(10(16)11-9(7)15)8-2-5(14)6(4-13)17-8/h5-8,13-14H,2-4H2,1H3,(H,11,15,16)/t5-,6+,7?,8+/m0/s1. The summed E-state index contributed by atoms with van der Waals surface area (Å²) in [5.41, 5.74) is 0. The highest BCUT2D eigenvalue weighted by Gasteiger charge is 2.42. The van der Waals surface area contributed by atoms with Gasteiger partial charge in [0, 0.05) is 13.0 Å². The molecule has 0 aromatic heterocycles. The molecule has 0 saturated carbocycles. The molecule has 7 nitrogen and oxygen atoms in total. The van der Waals surface area contributed by atoms with Gasteiger partial charge in [-0.25, -0.2) is 4.79 Å². The number of aliphatic hydroxyl groups excluding tert-OH is 2. The molecule has 18 heavy (non-hydrogen) atoms. The van der Waals surface area contributed by atoms with Crippen LogP contribution in [0.25, 0.3) is 0 Å². The third-order valence-corrected chi connectivity index (χ3v) is 4.09. The molecule has 0 aromatic carbocycles. The number of aliphatic hydroxyl groups is 2. The maximum atomic E-state index is 11.7. The number of rotatable bonds is 3. The topological polar surface area (TPSA) is 99.1 Å². The first-order valence-corrected chi connectivity index (χ1v) is 6.94. The van der Waals surface area contributed by atoms with Crippen LogP contribution in [0.15, 0.2) is 0 Å². The summed E-state index contributed by atoms with van der Waals surface area (Å²) in [5.74, 6) is -0.305. The first kappa shape index (κ1) is 13.6. The lowest BCUT2D eigenvalue weighted by atomic mass is 10.2. The molecule has 0 radical (unpaired) electrons. The molecule has 0 spiro atoms. The van der Waals surface area contributed by atoms with Crippen LogP contribution in [0.1, 0.15) is 6.42 Å². The fourth-order valence-electron chi connectivity index (χ4n) is 2.10. The molecule has 2 fully saturated rings. The van der Waals surface area contributed by atoms with Crippen molar-refractivity contribution in [1.82, 2.24) is 10.2 Å². The number of urea groups is 1. The zero-order valence-electron chi connectivity index (χ0n) is 9.91. The minimum atomic E-state index is -0.793. The summed E-state index contributed by atoms with van der Waals surface area (Å²) in [6.07, 6.45) is -0.0289. The quantitative estimate of drug-likeness (QED) is 0.595. The van der Waals surface area contributed by atoms with E-state index in [9.17, 15) is 14.7 Å². The van der Waals surface area contributed by atoms with E-state index < -0.39 is 24.5 Å². The van der Waals surface area contributed by atoms with Crippen LogP contribution in [0.4, 0.5) is 4.79 Å². The summed E-state index contributed by atoms with van der Waals surface area (Å²) in [6.45, 7) is -0.0423. The summed E-state index contributed by atoms with van der Waals surface area (Å²) in [7, 11) is 0. The van der Waals surface area contributed by atoms with Crippen molar-refractivity contribution in [2.75, 3.05) is 19.4 Å². The molecule has 1 unspecified atom stereocenters. The normalized spacial score (nSPS) is 36.9. The van der Waals surface area contributed by atoms with Gasteiger partial charge in [0.1, 0.15) is 17.6 Å². The van der Waals surface area contributed by atoms with Crippen molar-refractivity contribution in [1.29, 1.82) is 0 Å². The molecule has 2 aliphatic heterocycles. The van der Waals surface area contributed by atoms with Crippen LogP contribution >= 0.6 is 11.8 Å². The first-order chi connectivity index (χ1) is 8.56. The van der Waals surface area contributed by atoms with E-state index in [1.807, 2.05) is 0 Å². The maximum Gasteiger partial charge on any atom is 0.326 e. The second-order valence-electron chi connectivity index (χ2n) is 4.29. The van der Waals surface area contributed by atoms with Gasteiger partial charge in [-0.1, -0.05) is 0 Å². The van der Waals surface area contributed by atoms with Gasteiger partial charge >= 0.3 is 6.03 Å². The number of nitrogens with one attached hydrogen (secondary N) is 1. The summed E-state index contributed by atoms with van der Waals surface area (Å²) >= 11 is 1.35. The third-order valence-electron chi connectivity index (χ3n) is 3.16. The highest BCUT2D eigenvalue weighted by molar-refractivity contribution is 8.00. The smallest absolute Gasteiger partial charge is 0.326 e. The fraction of sp³-hybridized carbons (Fsp3) is 0.800. The van der Waals surface area contributed by atoms with Crippen molar-refractivity contribution in [3.05, 3.63) is 0 Å². The maximum absolute atomic E-state index is 11.7. The fourth-order valence-corrected chi connectivity index (χ4v) is 2.69. The van der Waals surface area contributed by atoms with Crippen LogP contribution in [-0.4, -0.2) is 70.1 Å². The number of carbonyl (C=O) groups excluding carboxylic acids is 2. The van der Waals surface area contributed by atoms with Crippen LogP contribution in [0.2, 0.25) is 0 Å². The van der Waals surface area contributed by atoms with E-state index in [0.717, 1.165) is 0 Å². The number of ether oxygens (including phenoxy) is 1. The minimum absolute atomic E-state index is 0.244. The van der Waals surface area contributed by atoms with E-state index in [4.69, 9.17) is 9.84 Å². The van der Waals surface area contributed by atoms with Gasteiger partial charge in [0.2, 0.25) is 5.91 Å². The van der Waals surface area contributed by atoms with Gasteiger partial charge in [-0.3, -0.25) is 15.0 Å². The molecule has 2 heterocycles. The number of carbonyl (C=O) groups is 2. The Labute approximate surface area is 108 Å². The zero-order valence-corrected chi connectivity index (χ0v) is 10.7. The molecule has 0 aromatic rings. The van der Waals surface area contributed by atoms with Gasteiger partial charge in [-0.2, -0.15) is 11.8 Å². The Bertz CT molecular complexity index is 353. The Balaban J connectivity index is 2.04. The third kappa shape index (κ3) is 2.46. The molecule has 8 heteroatoms. The van der Waals surface area contributed by atoms with Gasteiger partial charge < -0.3 is 14.9 Å². The first-order valence-electron chi connectivity index (χ1n) is 5.65. The number of hydrogen-bond donors (Lipinski definition) is 3. The predicted molar refractivity (Wildman–Crippen MR) is 63.9 cm³/mol. The Hall–Kier alpha value is -0.830. The Morgan fingerprint density at radius 2 is 2.28 bits per heavy atom. The van der Waals surface area contributed by atoms with Gasteiger partial charge in [-0.05, 0) is 6.26 Å². The lowest BCUT2D eigenvalue weighted by molar-refractivity contribution is -0.123. The molecule has 3 N–H and O–H groups in total. The van der Waals surface area contributed by atoms with E-state index in [-0.39, 0.29) is 30.7 Å².